The van der Waals surface area contributed by atoms with Gasteiger partial charge >= 0.3 is 0 Å². The van der Waals surface area contributed by atoms with Crippen molar-refractivity contribution in [3.63, 3.8) is 0 Å². The number of halogens is 3. The van der Waals surface area contributed by atoms with Gasteiger partial charge in [-0.2, -0.15) is 0 Å². The van der Waals surface area contributed by atoms with Gasteiger partial charge < -0.3 is 5.32 Å². The maximum Gasteiger partial charge on any atom is 0.168 e. The molecule has 0 atom stereocenters. The van der Waals surface area contributed by atoms with E-state index >= 15 is 0 Å². The first-order valence-corrected chi connectivity index (χ1v) is 7.75. The van der Waals surface area contributed by atoms with E-state index in [2.05, 4.69) is 26.2 Å². The Hall–Kier alpha value is -1.14. The van der Waals surface area contributed by atoms with Gasteiger partial charge in [0.05, 0.1) is 0 Å². The van der Waals surface area contributed by atoms with Gasteiger partial charge in [0, 0.05) is 22.0 Å². The van der Waals surface area contributed by atoms with Crippen molar-refractivity contribution in [3.05, 3.63) is 46.4 Å². The highest BCUT2D eigenvalue weighted by atomic mass is 79.9. The monoisotopic (exact) mass is 358 g/mol. The zero-order chi connectivity index (χ0) is 14.5. The van der Waals surface area contributed by atoms with Crippen molar-refractivity contribution in [3.8, 4) is 0 Å². The van der Waals surface area contributed by atoms with Crippen LogP contribution in [0, 0.1) is 11.6 Å². The molecule has 1 aromatic carbocycles. The fourth-order valence-electron chi connectivity index (χ4n) is 1.52. The summed E-state index contributed by atoms with van der Waals surface area (Å²) in [5, 5.41) is 3.00. The van der Waals surface area contributed by atoms with Gasteiger partial charge in [0.2, 0.25) is 0 Å². The lowest BCUT2D eigenvalue weighted by Crippen LogP contribution is -2.06. The summed E-state index contributed by atoms with van der Waals surface area (Å²) in [6.07, 6.45) is 0.838. The lowest BCUT2D eigenvalue weighted by atomic mass is 10.4. The number of aromatic nitrogens is 1. The molecule has 6 heteroatoms. The molecule has 0 radical (unpaired) electrons. The molecule has 0 saturated heterocycles. The molecule has 0 aliphatic heterocycles. The summed E-state index contributed by atoms with van der Waals surface area (Å²) < 4.78 is 28.2. The molecule has 0 saturated carbocycles. The number of anilines is 1. The Morgan fingerprint density at radius 1 is 1.25 bits per heavy atom. The average molecular weight is 359 g/mol. The molecule has 0 bridgehead atoms. The molecule has 0 amide bonds. The first-order valence-electron chi connectivity index (χ1n) is 6.14. The summed E-state index contributed by atoms with van der Waals surface area (Å²) in [6, 6.07) is 8.30. The smallest absolute Gasteiger partial charge is 0.168 e. The van der Waals surface area contributed by atoms with E-state index in [4.69, 9.17) is 0 Å². The minimum absolute atomic E-state index is 0.0859. The third kappa shape index (κ3) is 3.70. The Morgan fingerprint density at radius 2 is 2.00 bits per heavy atom. The van der Waals surface area contributed by atoms with E-state index in [1.807, 2.05) is 31.2 Å². The second-order valence-corrected chi connectivity index (χ2v) is 5.95. The van der Waals surface area contributed by atoms with E-state index in [9.17, 15) is 8.78 Å². The normalized spacial score (nSPS) is 10.6. The minimum Gasteiger partial charge on any atom is -0.368 e. The molecule has 1 heterocycles. The molecule has 0 aliphatic rings. The van der Waals surface area contributed by atoms with Crippen LogP contribution in [0.25, 0.3) is 0 Å². The van der Waals surface area contributed by atoms with Crippen molar-refractivity contribution in [2.24, 2.45) is 0 Å². The second-order valence-electron chi connectivity index (χ2n) is 4.07. The Bertz CT molecular complexity index is 608. The summed E-state index contributed by atoms with van der Waals surface area (Å²) in [4.78, 5) is 4.85. The van der Waals surface area contributed by atoms with E-state index in [0.29, 0.717) is 6.54 Å². The molecule has 1 N–H and O–H groups in total. The van der Waals surface area contributed by atoms with Gasteiger partial charge in [-0.15, -0.1) is 0 Å². The van der Waals surface area contributed by atoms with Crippen LogP contribution in [0.1, 0.15) is 13.3 Å². The van der Waals surface area contributed by atoms with Crippen molar-refractivity contribution >= 4 is 33.5 Å². The Kier molecular flexibility index (Phi) is 5.37. The third-order valence-electron chi connectivity index (χ3n) is 2.48. The van der Waals surface area contributed by atoms with Crippen LogP contribution in [-0.2, 0) is 0 Å². The van der Waals surface area contributed by atoms with Gasteiger partial charge in [-0.3, -0.25) is 0 Å². The van der Waals surface area contributed by atoms with Gasteiger partial charge in [-0.25, -0.2) is 13.8 Å². The lowest BCUT2D eigenvalue weighted by Gasteiger charge is -2.09. The molecule has 1 aromatic heterocycles. The number of hydrogen-bond donors (Lipinski definition) is 1. The lowest BCUT2D eigenvalue weighted by molar-refractivity contribution is 0.551. The zero-order valence-corrected chi connectivity index (χ0v) is 13.2. The number of benzene rings is 1. The summed E-state index contributed by atoms with van der Waals surface area (Å²) in [6.45, 7) is 2.56. The molecule has 0 aliphatic carbocycles. The Morgan fingerprint density at radius 3 is 2.70 bits per heavy atom. The van der Waals surface area contributed by atoms with Gasteiger partial charge in [0.25, 0.3) is 0 Å². The molecule has 0 spiro atoms. The highest BCUT2D eigenvalue weighted by molar-refractivity contribution is 9.10. The Balaban J connectivity index is 2.29. The number of rotatable bonds is 5. The molecular formula is C14H13BrF2N2S. The quantitative estimate of drug-likeness (QED) is 0.805. The van der Waals surface area contributed by atoms with Crippen molar-refractivity contribution in [2.45, 2.75) is 23.3 Å². The third-order valence-corrected chi connectivity index (χ3v) is 4.49. The van der Waals surface area contributed by atoms with E-state index in [-0.39, 0.29) is 10.8 Å². The van der Waals surface area contributed by atoms with Crippen LogP contribution in [0.5, 0.6) is 0 Å². The summed E-state index contributed by atoms with van der Waals surface area (Å²) in [5.41, 5.74) is 0. The first kappa shape index (κ1) is 15.3. The molecule has 106 valence electrons. The summed E-state index contributed by atoms with van der Waals surface area (Å²) >= 11 is 4.55. The van der Waals surface area contributed by atoms with E-state index in [1.165, 1.54) is 0 Å². The first-order chi connectivity index (χ1) is 9.61. The molecule has 20 heavy (non-hydrogen) atoms. The highest BCUT2D eigenvalue weighted by Crippen LogP contribution is 2.34. The highest BCUT2D eigenvalue weighted by Gasteiger charge is 2.13. The maximum absolute atomic E-state index is 13.8. The predicted octanol–water partition coefficient (Wildman–Crippen LogP) is 5.10. The summed E-state index contributed by atoms with van der Waals surface area (Å²) in [5.74, 6) is -1.25. The number of nitrogens with zero attached hydrogens (tertiary/aromatic N) is 1. The van der Waals surface area contributed by atoms with Crippen LogP contribution in [0.15, 0.2) is 44.7 Å². The fraction of sp³-hybridized carbons (Fsp3) is 0.214. The molecular weight excluding hydrogens is 346 g/mol. The SMILES string of the molecule is CCCNc1nc(Sc2ccccc2Br)c(F)cc1F. The number of pyridine rings is 1. The second kappa shape index (κ2) is 7.04. The number of hydrogen-bond acceptors (Lipinski definition) is 3. The van der Waals surface area contributed by atoms with Crippen LogP contribution in [0.4, 0.5) is 14.6 Å². The topological polar surface area (TPSA) is 24.9 Å². The van der Waals surface area contributed by atoms with Crippen LogP contribution in [-0.4, -0.2) is 11.5 Å². The predicted molar refractivity (Wildman–Crippen MR) is 81.2 cm³/mol. The van der Waals surface area contributed by atoms with Gasteiger partial charge in [-0.05, 0) is 34.5 Å². The van der Waals surface area contributed by atoms with Crippen molar-refractivity contribution in [1.29, 1.82) is 0 Å². The van der Waals surface area contributed by atoms with E-state index in [1.54, 1.807) is 0 Å². The van der Waals surface area contributed by atoms with Crippen molar-refractivity contribution in [2.75, 3.05) is 11.9 Å². The Labute approximate surface area is 129 Å². The average Bonchev–Trinajstić information content (AvgIpc) is 2.43. The largest absolute Gasteiger partial charge is 0.368 e. The van der Waals surface area contributed by atoms with E-state index < -0.39 is 11.6 Å². The molecule has 0 fully saturated rings. The van der Waals surface area contributed by atoms with Crippen molar-refractivity contribution in [1.82, 2.24) is 4.98 Å². The van der Waals surface area contributed by atoms with Crippen LogP contribution in [0.2, 0.25) is 0 Å². The van der Waals surface area contributed by atoms with Crippen molar-refractivity contribution < 1.29 is 8.78 Å². The molecule has 2 nitrogen and oxygen atoms in total. The van der Waals surface area contributed by atoms with E-state index in [0.717, 1.165) is 33.6 Å². The van der Waals surface area contributed by atoms with Crippen LogP contribution in [0.3, 0.4) is 0 Å². The maximum atomic E-state index is 13.8. The van der Waals surface area contributed by atoms with Gasteiger partial charge in [0.1, 0.15) is 5.03 Å². The standard InChI is InChI=1S/C14H13BrF2N2S/c1-2-7-18-13-10(16)8-11(17)14(19-13)20-12-6-4-3-5-9(12)15/h3-6,8H,2,7H2,1H3,(H,18,19). The molecule has 2 aromatic rings. The van der Waals surface area contributed by atoms with Gasteiger partial charge in [0.15, 0.2) is 17.5 Å². The van der Waals surface area contributed by atoms with Gasteiger partial charge in [-0.1, -0.05) is 30.8 Å². The van der Waals surface area contributed by atoms with Crippen LogP contribution < -0.4 is 5.32 Å². The minimum atomic E-state index is -0.674. The van der Waals surface area contributed by atoms with Crippen LogP contribution >= 0.6 is 27.7 Å². The number of nitrogens with one attached hydrogen (secondary N) is 1. The zero-order valence-electron chi connectivity index (χ0n) is 10.8. The summed E-state index contributed by atoms with van der Waals surface area (Å²) in [7, 11) is 0. The molecule has 0 unspecified atom stereocenters. The molecule has 2 rings (SSSR count). The fourth-order valence-corrected chi connectivity index (χ4v) is 2.86.